The molecule has 3 nitrogen and oxygen atoms in total. The molecule has 0 aromatic heterocycles. The number of aryl methyl sites for hydroxylation is 1. The molecule has 1 aliphatic heterocycles. The number of halogens is 1. The molecule has 0 saturated carbocycles. The van der Waals surface area contributed by atoms with Crippen LogP contribution in [0, 0.1) is 0 Å². The van der Waals surface area contributed by atoms with Gasteiger partial charge in [0.2, 0.25) is 0 Å². The lowest BCUT2D eigenvalue weighted by atomic mass is 10.0. The Kier molecular flexibility index (Phi) is 2.64. The lowest BCUT2D eigenvalue weighted by Crippen LogP contribution is -2.18. The summed E-state index contributed by atoms with van der Waals surface area (Å²) >= 11 is 0. The molecule has 0 saturated heterocycles. The van der Waals surface area contributed by atoms with E-state index in [2.05, 4.69) is 0 Å². The number of hydrogen-bond acceptors (Lipinski definition) is 3. The van der Waals surface area contributed by atoms with E-state index in [-0.39, 0.29) is 11.0 Å². The molecule has 0 bridgehead atoms. The standard InChI is InChI=1S/C10H11ClO3S/c1-7-2-3-8-4-5-9(15(11,12)13)6-10(8)14-7/h4-7H,2-3H2,1H3. The molecular formula is C10H11ClO3S. The molecule has 0 aliphatic carbocycles. The third kappa shape index (κ3) is 2.26. The van der Waals surface area contributed by atoms with Gasteiger partial charge < -0.3 is 4.74 Å². The predicted octanol–water partition coefficient (Wildman–Crippen LogP) is 2.33. The molecule has 0 spiro atoms. The fourth-order valence-corrected chi connectivity index (χ4v) is 2.40. The van der Waals surface area contributed by atoms with Gasteiger partial charge in [0.25, 0.3) is 9.05 Å². The first-order valence-electron chi connectivity index (χ1n) is 4.71. The van der Waals surface area contributed by atoms with Gasteiger partial charge in [0.05, 0.1) is 11.0 Å². The fourth-order valence-electron chi connectivity index (χ4n) is 1.64. The molecule has 5 heteroatoms. The number of hydrogen-bond donors (Lipinski definition) is 0. The van der Waals surface area contributed by atoms with Crippen molar-refractivity contribution in [1.82, 2.24) is 0 Å². The summed E-state index contributed by atoms with van der Waals surface area (Å²) < 4.78 is 27.8. The molecule has 0 N–H and O–H groups in total. The highest BCUT2D eigenvalue weighted by Crippen LogP contribution is 2.30. The summed E-state index contributed by atoms with van der Waals surface area (Å²) in [4.78, 5) is 0.0945. The van der Waals surface area contributed by atoms with E-state index in [0.29, 0.717) is 5.75 Å². The van der Waals surface area contributed by atoms with Crippen LogP contribution in [0.15, 0.2) is 23.1 Å². The van der Waals surface area contributed by atoms with Gasteiger partial charge >= 0.3 is 0 Å². The summed E-state index contributed by atoms with van der Waals surface area (Å²) in [7, 11) is 1.59. The largest absolute Gasteiger partial charge is 0.490 e. The van der Waals surface area contributed by atoms with Crippen molar-refractivity contribution in [2.45, 2.75) is 30.8 Å². The second kappa shape index (κ2) is 3.68. The Hall–Kier alpha value is -0.740. The monoisotopic (exact) mass is 246 g/mol. The van der Waals surface area contributed by atoms with Crippen molar-refractivity contribution < 1.29 is 13.2 Å². The maximum atomic E-state index is 11.1. The molecule has 1 heterocycles. The summed E-state index contributed by atoms with van der Waals surface area (Å²) in [6.07, 6.45) is 2.00. The SMILES string of the molecule is CC1CCc2ccc(S(=O)(=O)Cl)cc2O1. The van der Waals surface area contributed by atoms with Crippen LogP contribution in [-0.2, 0) is 15.5 Å². The van der Waals surface area contributed by atoms with Gasteiger partial charge in [-0.3, -0.25) is 0 Å². The second-order valence-corrected chi connectivity index (χ2v) is 6.24. The highest BCUT2D eigenvalue weighted by Gasteiger charge is 2.19. The van der Waals surface area contributed by atoms with Crippen molar-refractivity contribution in [1.29, 1.82) is 0 Å². The Labute approximate surface area is 93.4 Å². The zero-order chi connectivity index (χ0) is 11.1. The van der Waals surface area contributed by atoms with E-state index in [9.17, 15) is 8.42 Å². The predicted molar refractivity (Wildman–Crippen MR) is 57.9 cm³/mol. The Bertz CT molecular complexity index is 481. The van der Waals surface area contributed by atoms with Crippen molar-refractivity contribution in [2.75, 3.05) is 0 Å². The average molecular weight is 247 g/mol. The van der Waals surface area contributed by atoms with Crippen molar-refractivity contribution in [3.8, 4) is 5.75 Å². The van der Waals surface area contributed by atoms with E-state index < -0.39 is 9.05 Å². The van der Waals surface area contributed by atoms with Gasteiger partial charge in [0, 0.05) is 16.7 Å². The third-order valence-corrected chi connectivity index (χ3v) is 3.82. The van der Waals surface area contributed by atoms with Crippen molar-refractivity contribution in [3.05, 3.63) is 23.8 Å². The molecule has 1 aromatic carbocycles. The topological polar surface area (TPSA) is 43.4 Å². The Balaban J connectivity index is 2.46. The van der Waals surface area contributed by atoms with Crippen LogP contribution >= 0.6 is 10.7 Å². The van der Waals surface area contributed by atoms with Crippen LogP contribution in [0.2, 0.25) is 0 Å². The zero-order valence-corrected chi connectivity index (χ0v) is 9.81. The lowest BCUT2D eigenvalue weighted by molar-refractivity contribution is 0.192. The maximum absolute atomic E-state index is 11.1. The Morgan fingerprint density at radius 1 is 1.47 bits per heavy atom. The molecule has 1 atom stereocenters. The number of benzene rings is 1. The van der Waals surface area contributed by atoms with E-state index in [1.54, 1.807) is 6.07 Å². The number of ether oxygens (including phenoxy) is 1. The van der Waals surface area contributed by atoms with Gasteiger partial charge in [-0.25, -0.2) is 8.42 Å². The zero-order valence-electron chi connectivity index (χ0n) is 8.23. The first-order chi connectivity index (χ1) is 6.97. The second-order valence-electron chi connectivity index (χ2n) is 3.67. The third-order valence-electron chi connectivity index (χ3n) is 2.47. The van der Waals surface area contributed by atoms with Crippen LogP contribution in [0.25, 0.3) is 0 Å². The molecule has 2 rings (SSSR count). The molecule has 1 unspecified atom stereocenters. The Morgan fingerprint density at radius 3 is 2.87 bits per heavy atom. The van der Waals surface area contributed by atoms with Gasteiger partial charge in [-0.15, -0.1) is 0 Å². The van der Waals surface area contributed by atoms with Crippen molar-refractivity contribution >= 4 is 19.7 Å². The Morgan fingerprint density at radius 2 is 2.20 bits per heavy atom. The van der Waals surface area contributed by atoms with E-state index in [0.717, 1.165) is 18.4 Å². The van der Waals surface area contributed by atoms with Crippen LogP contribution in [-0.4, -0.2) is 14.5 Å². The van der Waals surface area contributed by atoms with Gasteiger partial charge in [-0.1, -0.05) is 6.07 Å². The summed E-state index contributed by atoms with van der Waals surface area (Å²) in [5.41, 5.74) is 1.04. The molecule has 1 aliphatic rings. The van der Waals surface area contributed by atoms with E-state index in [1.165, 1.54) is 12.1 Å². The van der Waals surface area contributed by atoms with Gasteiger partial charge in [0.15, 0.2) is 0 Å². The lowest BCUT2D eigenvalue weighted by Gasteiger charge is -2.23. The van der Waals surface area contributed by atoms with Crippen LogP contribution in [0.5, 0.6) is 5.75 Å². The summed E-state index contributed by atoms with van der Waals surface area (Å²) in [5, 5.41) is 0. The van der Waals surface area contributed by atoms with Gasteiger partial charge in [0.1, 0.15) is 5.75 Å². The van der Waals surface area contributed by atoms with Crippen LogP contribution in [0.4, 0.5) is 0 Å². The van der Waals surface area contributed by atoms with Gasteiger partial charge in [-0.2, -0.15) is 0 Å². The average Bonchev–Trinajstić information content (AvgIpc) is 2.15. The molecule has 0 fully saturated rings. The van der Waals surface area contributed by atoms with Crippen LogP contribution < -0.4 is 4.74 Å². The van der Waals surface area contributed by atoms with Crippen molar-refractivity contribution in [2.24, 2.45) is 0 Å². The highest BCUT2D eigenvalue weighted by atomic mass is 35.7. The summed E-state index contributed by atoms with van der Waals surface area (Å²) in [6.45, 7) is 1.96. The first-order valence-corrected chi connectivity index (χ1v) is 7.02. The minimum atomic E-state index is -3.66. The van der Waals surface area contributed by atoms with E-state index in [4.69, 9.17) is 15.4 Å². The number of rotatable bonds is 1. The first kappa shape index (κ1) is 10.8. The summed E-state index contributed by atoms with van der Waals surface area (Å²) in [5.74, 6) is 0.635. The van der Waals surface area contributed by atoms with E-state index in [1.807, 2.05) is 6.92 Å². The van der Waals surface area contributed by atoms with Crippen LogP contribution in [0.3, 0.4) is 0 Å². The molecular weight excluding hydrogens is 236 g/mol. The molecule has 82 valence electrons. The quantitative estimate of drug-likeness (QED) is 0.715. The minimum absolute atomic E-state index is 0.0945. The number of fused-ring (bicyclic) bond motifs is 1. The fraction of sp³-hybridized carbons (Fsp3) is 0.400. The molecule has 0 radical (unpaired) electrons. The normalized spacial score (nSPS) is 20.5. The van der Waals surface area contributed by atoms with Crippen LogP contribution in [0.1, 0.15) is 18.9 Å². The minimum Gasteiger partial charge on any atom is -0.490 e. The van der Waals surface area contributed by atoms with Gasteiger partial charge in [-0.05, 0) is 31.4 Å². The maximum Gasteiger partial charge on any atom is 0.261 e. The summed E-state index contributed by atoms with van der Waals surface area (Å²) in [6, 6.07) is 4.77. The highest BCUT2D eigenvalue weighted by molar-refractivity contribution is 8.13. The molecule has 15 heavy (non-hydrogen) atoms. The van der Waals surface area contributed by atoms with Crippen molar-refractivity contribution in [3.63, 3.8) is 0 Å². The molecule has 0 amide bonds. The van der Waals surface area contributed by atoms with E-state index >= 15 is 0 Å². The molecule has 1 aromatic rings. The smallest absolute Gasteiger partial charge is 0.261 e.